The van der Waals surface area contributed by atoms with Crippen molar-refractivity contribution in [2.24, 2.45) is 10.7 Å². The number of benzene rings is 2. The van der Waals surface area contributed by atoms with Crippen molar-refractivity contribution in [3.8, 4) is 0 Å². The number of nitrogens with two attached hydrogens (primary N) is 1. The molecule has 0 aliphatic heterocycles. The number of hydrogen-bond acceptors (Lipinski definition) is 2. The maximum atomic E-state index is 6.04. The lowest BCUT2D eigenvalue weighted by molar-refractivity contribution is 1.32. The van der Waals surface area contributed by atoms with Gasteiger partial charge in [0.25, 0.3) is 0 Å². The number of aliphatic imine (C=N–C) groups is 1. The van der Waals surface area contributed by atoms with E-state index in [1.54, 1.807) is 11.8 Å². The van der Waals surface area contributed by atoms with Crippen LogP contribution in [0.15, 0.2) is 51.9 Å². The summed E-state index contributed by atoms with van der Waals surface area (Å²) in [7, 11) is 0. The Bertz CT molecular complexity index is 618. The summed E-state index contributed by atoms with van der Waals surface area (Å²) in [6, 6.07) is 14.3. The van der Waals surface area contributed by atoms with Crippen LogP contribution in [0.4, 0.5) is 5.69 Å². The molecule has 2 aromatic carbocycles. The standard InChI is InChI=1S/C16H17BrN2S/c1-11-6-5-7-12(2)15(11)19-16(18)20-10-13-8-3-4-9-14(13)17/h3-9H,10H2,1-2H3,(H2,18,19). The first kappa shape index (κ1) is 15.1. The second-order valence-corrected chi connectivity index (χ2v) is 6.42. The highest BCUT2D eigenvalue weighted by atomic mass is 79.9. The second-order valence-electron chi connectivity index (χ2n) is 4.57. The number of nitrogens with zero attached hydrogens (tertiary/aromatic N) is 1. The van der Waals surface area contributed by atoms with Crippen LogP contribution in [-0.2, 0) is 5.75 Å². The van der Waals surface area contributed by atoms with Gasteiger partial charge in [0.1, 0.15) is 0 Å². The molecule has 0 heterocycles. The topological polar surface area (TPSA) is 38.4 Å². The van der Waals surface area contributed by atoms with Crippen molar-refractivity contribution in [2.45, 2.75) is 19.6 Å². The fourth-order valence-corrected chi connectivity index (χ4v) is 3.21. The largest absolute Gasteiger partial charge is 0.378 e. The number of halogens is 1. The van der Waals surface area contributed by atoms with Crippen LogP contribution in [0.5, 0.6) is 0 Å². The van der Waals surface area contributed by atoms with E-state index in [0.29, 0.717) is 5.17 Å². The molecule has 2 N–H and O–H groups in total. The molecule has 0 saturated heterocycles. The van der Waals surface area contributed by atoms with Gasteiger partial charge in [-0.1, -0.05) is 64.1 Å². The Kier molecular flexibility index (Phi) is 5.26. The summed E-state index contributed by atoms with van der Waals surface area (Å²) in [5.74, 6) is 0.807. The lowest BCUT2D eigenvalue weighted by Crippen LogP contribution is -2.06. The zero-order valence-electron chi connectivity index (χ0n) is 11.6. The highest BCUT2D eigenvalue weighted by Gasteiger charge is 2.04. The number of para-hydroxylation sites is 1. The van der Waals surface area contributed by atoms with E-state index in [4.69, 9.17) is 5.73 Å². The van der Waals surface area contributed by atoms with Crippen molar-refractivity contribution in [1.29, 1.82) is 0 Å². The molecule has 0 amide bonds. The number of thioether (sulfide) groups is 1. The normalized spacial score (nSPS) is 11.7. The molecule has 20 heavy (non-hydrogen) atoms. The smallest absolute Gasteiger partial charge is 0.159 e. The van der Waals surface area contributed by atoms with Gasteiger partial charge in [-0.2, -0.15) is 0 Å². The Labute approximate surface area is 132 Å². The minimum absolute atomic E-state index is 0.596. The Hall–Kier alpha value is -1.26. The molecule has 4 heteroatoms. The Morgan fingerprint density at radius 2 is 1.75 bits per heavy atom. The maximum Gasteiger partial charge on any atom is 0.159 e. The lowest BCUT2D eigenvalue weighted by atomic mass is 10.1. The third-order valence-electron chi connectivity index (χ3n) is 2.99. The monoisotopic (exact) mass is 348 g/mol. The van der Waals surface area contributed by atoms with Crippen LogP contribution < -0.4 is 5.73 Å². The molecule has 0 aliphatic carbocycles. The Morgan fingerprint density at radius 1 is 1.10 bits per heavy atom. The zero-order chi connectivity index (χ0) is 14.5. The first-order valence-electron chi connectivity index (χ1n) is 6.34. The molecule has 2 rings (SSSR count). The van der Waals surface area contributed by atoms with Gasteiger partial charge in [-0.05, 0) is 36.6 Å². The van der Waals surface area contributed by atoms with Gasteiger partial charge >= 0.3 is 0 Å². The molecule has 0 aliphatic rings. The molecule has 2 nitrogen and oxygen atoms in total. The molecule has 0 radical (unpaired) electrons. The molecular weight excluding hydrogens is 332 g/mol. The van der Waals surface area contributed by atoms with Gasteiger partial charge in [-0.3, -0.25) is 0 Å². The van der Waals surface area contributed by atoms with Gasteiger partial charge in [0, 0.05) is 10.2 Å². The molecule has 2 aromatic rings. The van der Waals surface area contributed by atoms with Gasteiger partial charge < -0.3 is 5.73 Å². The summed E-state index contributed by atoms with van der Waals surface area (Å²) >= 11 is 5.10. The van der Waals surface area contributed by atoms with Crippen molar-refractivity contribution >= 4 is 38.5 Å². The van der Waals surface area contributed by atoms with E-state index in [9.17, 15) is 0 Å². The number of amidine groups is 1. The van der Waals surface area contributed by atoms with Crippen LogP contribution >= 0.6 is 27.7 Å². The molecule has 0 atom stereocenters. The van der Waals surface area contributed by atoms with E-state index in [1.165, 1.54) is 5.56 Å². The molecule has 104 valence electrons. The van der Waals surface area contributed by atoms with E-state index in [2.05, 4.69) is 53.0 Å². The van der Waals surface area contributed by atoms with Crippen LogP contribution in [-0.4, -0.2) is 5.17 Å². The van der Waals surface area contributed by atoms with Crippen LogP contribution in [0.2, 0.25) is 0 Å². The van der Waals surface area contributed by atoms with Crippen LogP contribution in [0.1, 0.15) is 16.7 Å². The van der Waals surface area contributed by atoms with Crippen LogP contribution in [0.3, 0.4) is 0 Å². The predicted octanol–water partition coefficient (Wildman–Crippen LogP) is 4.95. The van der Waals surface area contributed by atoms with Crippen LogP contribution in [0, 0.1) is 13.8 Å². The molecule has 0 bridgehead atoms. The summed E-state index contributed by atoms with van der Waals surface area (Å²) < 4.78 is 1.10. The van der Waals surface area contributed by atoms with Crippen molar-refractivity contribution < 1.29 is 0 Å². The molecule has 0 fully saturated rings. The fourth-order valence-electron chi connectivity index (χ4n) is 1.89. The van der Waals surface area contributed by atoms with Crippen LogP contribution in [0.25, 0.3) is 0 Å². The van der Waals surface area contributed by atoms with Crippen molar-refractivity contribution in [3.63, 3.8) is 0 Å². The second kappa shape index (κ2) is 6.95. The molecule has 0 unspecified atom stereocenters. The first-order chi connectivity index (χ1) is 9.58. The summed E-state index contributed by atoms with van der Waals surface area (Å²) in [5, 5.41) is 0.596. The van der Waals surface area contributed by atoms with E-state index in [0.717, 1.165) is 27.0 Å². The van der Waals surface area contributed by atoms with Gasteiger partial charge in [-0.15, -0.1) is 0 Å². The van der Waals surface area contributed by atoms with Crippen molar-refractivity contribution in [2.75, 3.05) is 0 Å². The third-order valence-corrected chi connectivity index (χ3v) is 4.61. The predicted molar refractivity (Wildman–Crippen MR) is 92.6 cm³/mol. The molecular formula is C16H17BrN2S. The number of rotatable bonds is 3. The maximum absolute atomic E-state index is 6.04. The van der Waals surface area contributed by atoms with E-state index < -0.39 is 0 Å². The summed E-state index contributed by atoms with van der Waals surface area (Å²) in [4.78, 5) is 4.54. The summed E-state index contributed by atoms with van der Waals surface area (Å²) in [6.07, 6.45) is 0. The minimum atomic E-state index is 0.596. The highest BCUT2D eigenvalue weighted by molar-refractivity contribution is 9.10. The summed E-state index contributed by atoms with van der Waals surface area (Å²) in [6.45, 7) is 4.11. The summed E-state index contributed by atoms with van der Waals surface area (Å²) in [5.41, 5.74) is 10.5. The van der Waals surface area contributed by atoms with Gasteiger partial charge in [-0.25, -0.2) is 4.99 Å². The molecule has 0 spiro atoms. The highest BCUT2D eigenvalue weighted by Crippen LogP contribution is 2.26. The number of aryl methyl sites for hydroxylation is 2. The van der Waals surface area contributed by atoms with Gasteiger partial charge in [0.05, 0.1) is 5.69 Å². The Morgan fingerprint density at radius 3 is 2.40 bits per heavy atom. The average Bonchev–Trinajstić information content (AvgIpc) is 2.42. The SMILES string of the molecule is Cc1cccc(C)c1N=C(N)SCc1ccccc1Br. The van der Waals surface area contributed by atoms with E-state index >= 15 is 0 Å². The molecule has 0 aromatic heterocycles. The third kappa shape index (κ3) is 3.87. The van der Waals surface area contributed by atoms with Gasteiger partial charge in [0.2, 0.25) is 0 Å². The fraction of sp³-hybridized carbons (Fsp3) is 0.188. The lowest BCUT2D eigenvalue weighted by Gasteiger charge is -2.07. The molecule has 0 saturated carbocycles. The number of hydrogen-bond donors (Lipinski definition) is 1. The van der Waals surface area contributed by atoms with Gasteiger partial charge in [0.15, 0.2) is 5.17 Å². The average molecular weight is 349 g/mol. The minimum Gasteiger partial charge on any atom is -0.378 e. The zero-order valence-corrected chi connectivity index (χ0v) is 14.0. The Balaban J connectivity index is 2.11. The van der Waals surface area contributed by atoms with E-state index in [-0.39, 0.29) is 0 Å². The first-order valence-corrected chi connectivity index (χ1v) is 8.12. The van der Waals surface area contributed by atoms with Crippen molar-refractivity contribution in [1.82, 2.24) is 0 Å². The van der Waals surface area contributed by atoms with E-state index in [1.807, 2.05) is 24.3 Å². The van der Waals surface area contributed by atoms with Crippen molar-refractivity contribution in [3.05, 3.63) is 63.6 Å². The quantitative estimate of drug-likeness (QED) is 0.629.